The molecule has 1 aromatic heterocycles. The van der Waals surface area contributed by atoms with Crippen LogP contribution in [0, 0.1) is 11.8 Å². The van der Waals surface area contributed by atoms with Crippen molar-refractivity contribution in [1.82, 2.24) is 9.55 Å². The van der Waals surface area contributed by atoms with Gasteiger partial charge in [-0.2, -0.15) is 0 Å². The van der Waals surface area contributed by atoms with Crippen LogP contribution in [0.25, 0.3) is 11.0 Å². The molecule has 4 heteroatoms. The summed E-state index contributed by atoms with van der Waals surface area (Å²) in [5.74, 6) is 4.06. The standard InChI is InChI=1S/C17H21ClN2O/c1-2-21-15-5-3-4-13-17(15)19-16(10-18)20(13)14-9-11-6-7-12(14)8-11/h3-5,11-12,14H,2,6-10H2,1H3. The summed E-state index contributed by atoms with van der Waals surface area (Å²) in [4.78, 5) is 4.78. The highest BCUT2D eigenvalue weighted by atomic mass is 35.5. The number of halogens is 1. The van der Waals surface area contributed by atoms with Crippen LogP contribution < -0.4 is 4.74 Å². The predicted molar refractivity (Wildman–Crippen MR) is 84.9 cm³/mol. The van der Waals surface area contributed by atoms with E-state index < -0.39 is 0 Å². The summed E-state index contributed by atoms with van der Waals surface area (Å²) in [7, 11) is 0. The maximum Gasteiger partial charge on any atom is 0.147 e. The van der Waals surface area contributed by atoms with E-state index in [9.17, 15) is 0 Å². The Morgan fingerprint density at radius 3 is 2.90 bits per heavy atom. The van der Waals surface area contributed by atoms with Gasteiger partial charge in [0.1, 0.15) is 17.1 Å². The number of hydrogen-bond acceptors (Lipinski definition) is 2. The van der Waals surface area contributed by atoms with Crippen molar-refractivity contribution >= 4 is 22.6 Å². The Balaban J connectivity index is 1.85. The van der Waals surface area contributed by atoms with Gasteiger partial charge in [0.05, 0.1) is 18.0 Å². The number of para-hydroxylation sites is 1. The van der Waals surface area contributed by atoms with Crippen LogP contribution in [-0.2, 0) is 5.88 Å². The number of alkyl halides is 1. The summed E-state index contributed by atoms with van der Waals surface area (Å²) >= 11 is 6.19. The predicted octanol–water partition coefficient (Wildman–Crippen LogP) is 4.53. The van der Waals surface area contributed by atoms with E-state index in [-0.39, 0.29) is 0 Å². The molecule has 3 unspecified atom stereocenters. The molecule has 112 valence electrons. The summed E-state index contributed by atoms with van der Waals surface area (Å²) in [6.07, 6.45) is 5.45. The molecule has 0 saturated heterocycles. The summed E-state index contributed by atoms with van der Waals surface area (Å²) in [5.41, 5.74) is 2.16. The van der Waals surface area contributed by atoms with E-state index >= 15 is 0 Å². The molecule has 0 N–H and O–H groups in total. The molecule has 2 aromatic rings. The third-order valence-electron chi connectivity index (χ3n) is 5.21. The minimum absolute atomic E-state index is 0.466. The van der Waals surface area contributed by atoms with Crippen LogP contribution in [-0.4, -0.2) is 16.2 Å². The Hall–Kier alpha value is -1.22. The first-order valence-corrected chi connectivity index (χ1v) is 8.53. The highest BCUT2D eigenvalue weighted by molar-refractivity contribution is 6.16. The molecular formula is C17H21ClN2O. The van der Waals surface area contributed by atoms with Gasteiger partial charge in [0.2, 0.25) is 0 Å². The van der Waals surface area contributed by atoms with Crippen molar-refractivity contribution in [2.75, 3.05) is 6.61 Å². The minimum Gasteiger partial charge on any atom is -0.492 e. The van der Waals surface area contributed by atoms with Crippen LogP contribution in [0.1, 0.15) is 44.5 Å². The maximum atomic E-state index is 6.19. The lowest BCUT2D eigenvalue weighted by Crippen LogP contribution is -2.18. The molecular weight excluding hydrogens is 284 g/mol. The number of ether oxygens (including phenoxy) is 1. The van der Waals surface area contributed by atoms with Gasteiger partial charge in [-0.1, -0.05) is 12.5 Å². The van der Waals surface area contributed by atoms with Crippen molar-refractivity contribution in [1.29, 1.82) is 0 Å². The number of fused-ring (bicyclic) bond motifs is 3. The molecule has 4 rings (SSSR count). The van der Waals surface area contributed by atoms with E-state index in [0.717, 1.165) is 28.9 Å². The number of benzene rings is 1. The largest absolute Gasteiger partial charge is 0.492 e. The number of aromatic nitrogens is 2. The van der Waals surface area contributed by atoms with Gasteiger partial charge in [-0.3, -0.25) is 0 Å². The highest BCUT2D eigenvalue weighted by Gasteiger charge is 2.41. The van der Waals surface area contributed by atoms with Crippen molar-refractivity contribution in [2.45, 2.75) is 44.5 Å². The monoisotopic (exact) mass is 304 g/mol. The van der Waals surface area contributed by atoms with Crippen molar-refractivity contribution in [2.24, 2.45) is 11.8 Å². The first-order chi connectivity index (χ1) is 10.3. The van der Waals surface area contributed by atoms with Gasteiger partial charge in [0.25, 0.3) is 0 Å². The van der Waals surface area contributed by atoms with Crippen molar-refractivity contribution in [3.05, 3.63) is 24.0 Å². The molecule has 0 amide bonds. The number of rotatable bonds is 4. The average Bonchev–Trinajstić information content (AvgIpc) is 3.20. The highest BCUT2D eigenvalue weighted by Crippen LogP contribution is 2.52. The van der Waals surface area contributed by atoms with E-state index in [4.69, 9.17) is 21.3 Å². The summed E-state index contributed by atoms with van der Waals surface area (Å²) in [6.45, 7) is 2.67. The fourth-order valence-corrected chi connectivity index (χ4v) is 4.59. The molecule has 2 aliphatic carbocycles. The molecule has 2 fully saturated rings. The second-order valence-corrected chi connectivity index (χ2v) is 6.60. The first-order valence-electron chi connectivity index (χ1n) is 8.00. The van der Waals surface area contributed by atoms with Crippen LogP contribution in [0.5, 0.6) is 5.75 Å². The smallest absolute Gasteiger partial charge is 0.147 e. The number of hydrogen-bond donors (Lipinski definition) is 0. The molecule has 0 spiro atoms. The third-order valence-corrected chi connectivity index (χ3v) is 5.45. The zero-order chi connectivity index (χ0) is 14.4. The van der Waals surface area contributed by atoms with Crippen molar-refractivity contribution in [3.63, 3.8) is 0 Å². The molecule has 0 radical (unpaired) electrons. The van der Waals surface area contributed by atoms with Crippen LogP contribution in [0.15, 0.2) is 18.2 Å². The lowest BCUT2D eigenvalue weighted by molar-refractivity contribution is 0.331. The van der Waals surface area contributed by atoms with E-state index in [0.29, 0.717) is 18.5 Å². The van der Waals surface area contributed by atoms with Gasteiger partial charge in [-0.25, -0.2) is 4.98 Å². The maximum absolute atomic E-state index is 6.19. The molecule has 3 nitrogen and oxygen atoms in total. The topological polar surface area (TPSA) is 27.1 Å². The Kier molecular flexibility index (Phi) is 3.33. The summed E-state index contributed by atoms with van der Waals surface area (Å²) < 4.78 is 8.15. The summed E-state index contributed by atoms with van der Waals surface area (Å²) in [5, 5.41) is 0. The molecule has 2 saturated carbocycles. The van der Waals surface area contributed by atoms with E-state index in [1.807, 2.05) is 13.0 Å². The SMILES string of the molecule is CCOc1cccc2c1nc(CCl)n2C1CC2CCC1C2. The van der Waals surface area contributed by atoms with E-state index in [2.05, 4.69) is 16.7 Å². The second-order valence-electron chi connectivity index (χ2n) is 6.33. The van der Waals surface area contributed by atoms with Gasteiger partial charge in [-0.15, -0.1) is 11.6 Å². The normalized spacial score (nSPS) is 27.6. The van der Waals surface area contributed by atoms with Gasteiger partial charge in [0.15, 0.2) is 0 Å². The zero-order valence-corrected chi connectivity index (χ0v) is 13.1. The lowest BCUT2D eigenvalue weighted by atomic mass is 9.95. The van der Waals surface area contributed by atoms with Crippen LogP contribution in [0.3, 0.4) is 0 Å². The zero-order valence-electron chi connectivity index (χ0n) is 12.4. The fraction of sp³-hybridized carbons (Fsp3) is 0.588. The molecule has 0 aliphatic heterocycles. The first kappa shape index (κ1) is 13.4. The van der Waals surface area contributed by atoms with Crippen LogP contribution in [0.2, 0.25) is 0 Å². The Bertz CT molecular complexity index is 666. The number of imidazole rings is 1. The Morgan fingerprint density at radius 1 is 1.33 bits per heavy atom. The quantitative estimate of drug-likeness (QED) is 0.776. The van der Waals surface area contributed by atoms with Gasteiger partial charge >= 0.3 is 0 Å². The fourth-order valence-electron chi connectivity index (χ4n) is 4.40. The molecule has 1 aromatic carbocycles. The Morgan fingerprint density at radius 2 is 2.24 bits per heavy atom. The lowest BCUT2D eigenvalue weighted by Gasteiger charge is -2.25. The third kappa shape index (κ3) is 2.05. The van der Waals surface area contributed by atoms with Gasteiger partial charge in [0, 0.05) is 6.04 Å². The van der Waals surface area contributed by atoms with Crippen LogP contribution >= 0.6 is 11.6 Å². The molecule has 21 heavy (non-hydrogen) atoms. The van der Waals surface area contributed by atoms with Crippen LogP contribution in [0.4, 0.5) is 0 Å². The molecule has 3 atom stereocenters. The molecule has 2 bridgehead atoms. The Labute approximate surface area is 130 Å². The van der Waals surface area contributed by atoms with Gasteiger partial charge in [-0.05, 0) is 50.2 Å². The summed E-state index contributed by atoms with van der Waals surface area (Å²) in [6, 6.07) is 6.81. The van der Waals surface area contributed by atoms with Gasteiger partial charge < -0.3 is 9.30 Å². The molecule has 1 heterocycles. The van der Waals surface area contributed by atoms with E-state index in [1.165, 1.54) is 31.2 Å². The van der Waals surface area contributed by atoms with Crippen molar-refractivity contribution < 1.29 is 4.74 Å². The van der Waals surface area contributed by atoms with Crippen molar-refractivity contribution in [3.8, 4) is 5.75 Å². The molecule has 2 aliphatic rings. The average molecular weight is 305 g/mol. The second kappa shape index (κ2) is 5.20. The van der Waals surface area contributed by atoms with E-state index in [1.54, 1.807) is 0 Å². The number of nitrogens with zero attached hydrogens (tertiary/aromatic N) is 2. The minimum atomic E-state index is 0.466.